The van der Waals surface area contributed by atoms with Gasteiger partial charge in [-0.05, 0) is 31.2 Å². The Kier molecular flexibility index (Phi) is 3.71. The van der Waals surface area contributed by atoms with Crippen molar-refractivity contribution in [2.75, 3.05) is 11.9 Å². The Labute approximate surface area is 116 Å². The van der Waals surface area contributed by atoms with Gasteiger partial charge >= 0.3 is 5.97 Å². The van der Waals surface area contributed by atoms with Gasteiger partial charge in [0.2, 0.25) is 0 Å². The predicted molar refractivity (Wildman–Crippen MR) is 75.4 cm³/mol. The first-order valence-electron chi connectivity index (χ1n) is 5.69. The van der Waals surface area contributed by atoms with Gasteiger partial charge in [0.25, 0.3) is 0 Å². The molecule has 0 aliphatic carbocycles. The molecule has 2 aromatic rings. The number of aromatic carboxylic acids is 1. The summed E-state index contributed by atoms with van der Waals surface area (Å²) >= 11 is 5.80. The molecule has 0 unspecified atom stereocenters. The minimum Gasteiger partial charge on any atom is -0.476 e. The monoisotopic (exact) mass is 276 g/mol. The van der Waals surface area contributed by atoms with Crippen LogP contribution in [0.15, 0.2) is 36.4 Å². The fraction of sp³-hybridized carbons (Fsp3) is 0.143. The van der Waals surface area contributed by atoms with Gasteiger partial charge in [0.15, 0.2) is 5.69 Å². The summed E-state index contributed by atoms with van der Waals surface area (Å²) in [5, 5.41) is 9.15. The van der Waals surface area contributed by atoms with E-state index in [0.29, 0.717) is 5.82 Å². The molecule has 1 aromatic carbocycles. The number of hydrogen-bond acceptors (Lipinski definition) is 3. The Morgan fingerprint density at radius 3 is 2.42 bits per heavy atom. The van der Waals surface area contributed by atoms with Gasteiger partial charge in [-0.2, -0.15) is 0 Å². The first-order chi connectivity index (χ1) is 8.99. The first-order valence-corrected chi connectivity index (χ1v) is 6.07. The van der Waals surface area contributed by atoms with Crippen LogP contribution in [0.25, 0.3) is 0 Å². The van der Waals surface area contributed by atoms with E-state index in [9.17, 15) is 4.79 Å². The lowest BCUT2D eigenvalue weighted by molar-refractivity contribution is 0.0691. The zero-order valence-corrected chi connectivity index (χ0v) is 11.3. The molecule has 1 heterocycles. The minimum atomic E-state index is -1.14. The van der Waals surface area contributed by atoms with Gasteiger partial charge in [-0.1, -0.05) is 29.3 Å². The summed E-state index contributed by atoms with van der Waals surface area (Å²) < 4.78 is 0. The number of carboxylic acids is 1. The van der Waals surface area contributed by atoms with Crippen molar-refractivity contribution >= 4 is 29.1 Å². The van der Waals surface area contributed by atoms with Crippen molar-refractivity contribution in [3.05, 3.63) is 52.7 Å². The van der Waals surface area contributed by atoms with Gasteiger partial charge < -0.3 is 10.0 Å². The van der Waals surface area contributed by atoms with E-state index in [1.165, 1.54) is 6.07 Å². The van der Waals surface area contributed by atoms with Crippen LogP contribution in [0.5, 0.6) is 0 Å². The van der Waals surface area contributed by atoms with Gasteiger partial charge in [-0.15, -0.1) is 0 Å². The molecule has 5 heteroatoms. The molecule has 0 bridgehead atoms. The van der Waals surface area contributed by atoms with Crippen molar-refractivity contribution in [3.8, 4) is 0 Å². The number of carboxylic acid groups (broad SMARTS) is 1. The molecule has 0 amide bonds. The minimum absolute atomic E-state index is 0.133. The number of hydrogen-bond donors (Lipinski definition) is 1. The van der Waals surface area contributed by atoms with Gasteiger partial charge in [0.1, 0.15) is 5.82 Å². The van der Waals surface area contributed by atoms with E-state index in [-0.39, 0.29) is 10.7 Å². The van der Waals surface area contributed by atoms with Gasteiger partial charge in [0.05, 0.1) is 5.02 Å². The summed E-state index contributed by atoms with van der Waals surface area (Å²) in [6, 6.07) is 11.1. The van der Waals surface area contributed by atoms with Gasteiger partial charge in [-0.3, -0.25) is 0 Å². The van der Waals surface area contributed by atoms with Crippen LogP contribution in [0.3, 0.4) is 0 Å². The number of nitrogens with zero attached hydrogens (tertiary/aromatic N) is 2. The van der Waals surface area contributed by atoms with E-state index in [4.69, 9.17) is 16.7 Å². The third kappa shape index (κ3) is 2.85. The van der Waals surface area contributed by atoms with E-state index in [1.807, 2.05) is 43.1 Å². The number of aryl methyl sites for hydroxylation is 1. The molecular weight excluding hydrogens is 264 g/mol. The molecule has 0 fully saturated rings. The lowest BCUT2D eigenvalue weighted by Gasteiger charge is -2.19. The van der Waals surface area contributed by atoms with Gasteiger partial charge in [0, 0.05) is 12.7 Å². The standard InChI is InChI=1S/C14H13ClN2O2/c1-9-3-5-10(6-4-9)17(2)12-8-7-11(15)13(16-12)14(18)19/h3-8H,1-2H3,(H,18,19). The van der Waals surface area contributed by atoms with E-state index in [0.717, 1.165) is 11.3 Å². The smallest absolute Gasteiger partial charge is 0.356 e. The second-order valence-corrected chi connectivity index (χ2v) is 4.61. The van der Waals surface area contributed by atoms with Crippen LogP contribution in [0.1, 0.15) is 16.1 Å². The van der Waals surface area contributed by atoms with Crippen LogP contribution >= 0.6 is 11.6 Å². The third-order valence-corrected chi connectivity index (χ3v) is 3.10. The quantitative estimate of drug-likeness (QED) is 0.932. The topological polar surface area (TPSA) is 53.4 Å². The zero-order chi connectivity index (χ0) is 14.0. The highest BCUT2D eigenvalue weighted by Crippen LogP contribution is 2.24. The van der Waals surface area contributed by atoms with E-state index in [1.54, 1.807) is 6.07 Å². The van der Waals surface area contributed by atoms with E-state index >= 15 is 0 Å². The van der Waals surface area contributed by atoms with Crippen molar-refractivity contribution in [1.82, 2.24) is 4.98 Å². The Hall–Kier alpha value is -2.07. The lowest BCUT2D eigenvalue weighted by atomic mass is 10.2. The largest absolute Gasteiger partial charge is 0.476 e. The molecule has 98 valence electrons. The second-order valence-electron chi connectivity index (χ2n) is 4.20. The Bertz CT molecular complexity index is 611. The highest BCUT2D eigenvalue weighted by Gasteiger charge is 2.14. The number of rotatable bonds is 3. The molecular formula is C14H13ClN2O2. The van der Waals surface area contributed by atoms with E-state index in [2.05, 4.69) is 4.98 Å². The molecule has 0 aliphatic heterocycles. The van der Waals surface area contributed by atoms with Crippen molar-refractivity contribution in [2.24, 2.45) is 0 Å². The molecule has 19 heavy (non-hydrogen) atoms. The maximum absolute atomic E-state index is 11.0. The molecule has 0 radical (unpaired) electrons. The van der Waals surface area contributed by atoms with Crippen LogP contribution in [0.4, 0.5) is 11.5 Å². The molecule has 4 nitrogen and oxygen atoms in total. The Morgan fingerprint density at radius 2 is 1.84 bits per heavy atom. The first kappa shape index (κ1) is 13.4. The Balaban J connectivity index is 2.38. The summed E-state index contributed by atoms with van der Waals surface area (Å²) in [5.74, 6) is -0.602. The van der Waals surface area contributed by atoms with Crippen molar-refractivity contribution in [2.45, 2.75) is 6.92 Å². The van der Waals surface area contributed by atoms with Crippen LogP contribution in [0.2, 0.25) is 5.02 Å². The molecule has 2 rings (SSSR count). The Morgan fingerprint density at radius 1 is 1.21 bits per heavy atom. The zero-order valence-electron chi connectivity index (χ0n) is 10.6. The average Bonchev–Trinajstić information content (AvgIpc) is 2.39. The fourth-order valence-electron chi connectivity index (χ4n) is 1.67. The summed E-state index contributed by atoms with van der Waals surface area (Å²) in [4.78, 5) is 16.9. The molecule has 0 saturated heterocycles. The molecule has 1 N–H and O–H groups in total. The number of pyridine rings is 1. The fourth-order valence-corrected chi connectivity index (χ4v) is 1.86. The maximum atomic E-state index is 11.0. The number of aromatic nitrogens is 1. The number of carbonyl (C=O) groups is 1. The maximum Gasteiger partial charge on any atom is 0.356 e. The highest BCUT2D eigenvalue weighted by atomic mass is 35.5. The molecule has 1 aromatic heterocycles. The predicted octanol–water partition coefficient (Wildman–Crippen LogP) is 3.51. The van der Waals surface area contributed by atoms with E-state index < -0.39 is 5.97 Å². The number of halogens is 1. The van der Waals surface area contributed by atoms with Gasteiger partial charge in [-0.25, -0.2) is 9.78 Å². The van der Waals surface area contributed by atoms with Crippen molar-refractivity contribution in [1.29, 1.82) is 0 Å². The van der Waals surface area contributed by atoms with Crippen LogP contribution in [0, 0.1) is 6.92 Å². The molecule has 0 aliphatic rings. The number of anilines is 2. The molecule has 0 saturated carbocycles. The third-order valence-electron chi connectivity index (χ3n) is 2.80. The summed E-state index contributed by atoms with van der Waals surface area (Å²) in [7, 11) is 1.83. The second kappa shape index (κ2) is 5.28. The lowest BCUT2D eigenvalue weighted by Crippen LogP contribution is -2.13. The number of benzene rings is 1. The molecule has 0 spiro atoms. The highest BCUT2D eigenvalue weighted by molar-refractivity contribution is 6.33. The van der Waals surface area contributed by atoms with Crippen molar-refractivity contribution in [3.63, 3.8) is 0 Å². The van der Waals surface area contributed by atoms with Crippen molar-refractivity contribution < 1.29 is 9.90 Å². The summed E-state index contributed by atoms with van der Waals surface area (Å²) in [6.07, 6.45) is 0. The average molecular weight is 277 g/mol. The normalized spacial score (nSPS) is 10.3. The van der Waals surface area contributed by atoms with Crippen LogP contribution < -0.4 is 4.90 Å². The SMILES string of the molecule is Cc1ccc(N(C)c2ccc(Cl)c(C(=O)O)n2)cc1. The molecule has 0 atom stereocenters. The van der Waals surface area contributed by atoms with Crippen LogP contribution in [-0.4, -0.2) is 23.1 Å². The summed E-state index contributed by atoms with van der Waals surface area (Å²) in [6.45, 7) is 2.01. The van der Waals surface area contributed by atoms with Crippen LogP contribution in [-0.2, 0) is 0 Å². The summed E-state index contributed by atoms with van der Waals surface area (Å²) in [5.41, 5.74) is 1.95.